The van der Waals surface area contributed by atoms with Crippen molar-refractivity contribution in [2.45, 2.75) is 6.92 Å². The molecule has 0 spiro atoms. The van der Waals surface area contributed by atoms with Gasteiger partial charge in [-0.25, -0.2) is 0 Å². The number of nitrogen functional groups attached to an aromatic ring is 1. The lowest BCUT2D eigenvalue weighted by Crippen LogP contribution is -2.31. The number of aryl methyl sites for hydroxylation is 1. The Hall–Kier alpha value is -2.56. The van der Waals surface area contributed by atoms with Gasteiger partial charge in [-0.2, -0.15) is 0 Å². The highest BCUT2D eigenvalue weighted by Crippen LogP contribution is 2.12. The van der Waals surface area contributed by atoms with E-state index in [2.05, 4.69) is 4.98 Å². The van der Waals surface area contributed by atoms with E-state index in [0.29, 0.717) is 30.1 Å². The molecule has 1 aromatic heterocycles. The van der Waals surface area contributed by atoms with Crippen molar-refractivity contribution in [3.63, 3.8) is 0 Å². The lowest BCUT2D eigenvalue weighted by Gasteiger charge is -2.18. The van der Waals surface area contributed by atoms with Crippen LogP contribution in [-0.2, 0) is 0 Å². The number of carbonyl (C=O) groups is 1. The Bertz CT molecular complexity index is 614. The Labute approximate surface area is 124 Å². The largest absolute Gasteiger partial charge is 0.492 e. The van der Waals surface area contributed by atoms with E-state index in [9.17, 15) is 4.79 Å². The zero-order chi connectivity index (χ0) is 15.2. The predicted octanol–water partition coefficient (Wildman–Crippen LogP) is 2.12. The number of pyridine rings is 1. The zero-order valence-electron chi connectivity index (χ0n) is 12.2. The van der Waals surface area contributed by atoms with E-state index in [-0.39, 0.29) is 5.91 Å². The molecule has 0 aliphatic rings. The highest BCUT2D eigenvalue weighted by atomic mass is 16.5. The van der Waals surface area contributed by atoms with Gasteiger partial charge >= 0.3 is 0 Å². The average Bonchev–Trinajstić information content (AvgIpc) is 2.50. The number of rotatable bonds is 5. The van der Waals surface area contributed by atoms with Crippen molar-refractivity contribution in [3.05, 3.63) is 53.9 Å². The minimum Gasteiger partial charge on any atom is -0.492 e. The molecule has 1 heterocycles. The van der Waals surface area contributed by atoms with Crippen molar-refractivity contribution in [1.82, 2.24) is 9.88 Å². The molecule has 0 bridgehead atoms. The molecule has 5 heteroatoms. The number of nitrogens with zero attached hydrogens (tertiary/aromatic N) is 2. The summed E-state index contributed by atoms with van der Waals surface area (Å²) in [5.74, 6) is 0.684. The van der Waals surface area contributed by atoms with Crippen molar-refractivity contribution < 1.29 is 9.53 Å². The third-order valence-corrected chi connectivity index (χ3v) is 3.12. The van der Waals surface area contributed by atoms with E-state index in [0.717, 1.165) is 5.75 Å². The molecular formula is C16H19N3O2. The van der Waals surface area contributed by atoms with Gasteiger partial charge in [0.2, 0.25) is 0 Å². The van der Waals surface area contributed by atoms with E-state index in [4.69, 9.17) is 10.5 Å². The van der Waals surface area contributed by atoms with Gasteiger partial charge in [-0.05, 0) is 25.1 Å². The summed E-state index contributed by atoms with van der Waals surface area (Å²) in [4.78, 5) is 18.0. The highest BCUT2D eigenvalue weighted by molar-refractivity contribution is 5.95. The topological polar surface area (TPSA) is 68.5 Å². The first-order valence-electron chi connectivity index (χ1n) is 6.73. The van der Waals surface area contributed by atoms with E-state index >= 15 is 0 Å². The molecule has 0 saturated carbocycles. The Morgan fingerprint density at radius 1 is 1.33 bits per heavy atom. The number of likely N-dealkylation sites (N-methyl/N-ethyl adjacent to an activating group) is 1. The monoisotopic (exact) mass is 285 g/mol. The molecule has 1 amide bonds. The van der Waals surface area contributed by atoms with Gasteiger partial charge in [-0.1, -0.05) is 18.2 Å². The Balaban J connectivity index is 1.92. The molecule has 2 aromatic rings. The summed E-state index contributed by atoms with van der Waals surface area (Å²) in [5.41, 5.74) is 7.36. The molecule has 5 nitrogen and oxygen atoms in total. The van der Waals surface area contributed by atoms with Gasteiger partial charge in [0, 0.05) is 7.05 Å². The van der Waals surface area contributed by atoms with Gasteiger partial charge < -0.3 is 15.4 Å². The van der Waals surface area contributed by atoms with Crippen LogP contribution in [0.25, 0.3) is 0 Å². The van der Waals surface area contributed by atoms with Crippen LogP contribution in [0, 0.1) is 6.92 Å². The number of hydrogen-bond acceptors (Lipinski definition) is 4. The fourth-order valence-electron chi connectivity index (χ4n) is 1.89. The van der Waals surface area contributed by atoms with Crippen LogP contribution in [0.15, 0.2) is 42.6 Å². The predicted molar refractivity (Wildman–Crippen MR) is 82.3 cm³/mol. The second-order valence-electron chi connectivity index (χ2n) is 4.79. The van der Waals surface area contributed by atoms with Crippen LogP contribution in [0.2, 0.25) is 0 Å². The first kappa shape index (κ1) is 14.8. The summed E-state index contributed by atoms with van der Waals surface area (Å²) in [7, 11) is 1.74. The Morgan fingerprint density at radius 3 is 2.76 bits per heavy atom. The van der Waals surface area contributed by atoms with Crippen LogP contribution in [0.4, 0.5) is 5.69 Å². The summed E-state index contributed by atoms with van der Waals surface area (Å²) in [6.07, 6.45) is 1.55. The van der Waals surface area contributed by atoms with Crippen LogP contribution >= 0.6 is 0 Å². The van der Waals surface area contributed by atoms with Crippen molar-refractivity contribution in [1.29, 1.82) is 0 Å². The smallest absolute Gasteiger partial charge is 0.255 e. The minimum atomic E-state index is -0.107. The molecule has 0 atom stereocenters. The van der Waals surface area contributed by atoms with E-state index in [1.165, 1.54) is 0 Å². The standard InChI is InChI=1S/C16H19N3O2/c1-12-15(10-13(17)11-18-12)16(20)19(2)8-9-21-14-6-4-3-5-7-14/h3-7,10-11H,8-9,17H2,1-2H3. The first-order valence-corrected chi connectivity index (χ1v) is 6.73. The molecule has 0 aliphatic carbocycles. The van der Waals surface area contributed by atoms with Crippen LogP contribution in [-0.4, -0.2) is 36.0 Å². The van der Waals surface area contributed by atoms with Crippen LogP contribution in [0.3, 0.4) is 0 Å². The lowest BCUT2D eigenvalue weighted by atomic mass is 10.1. The fraction of sp³-hybridized carbons (Fsp3) is 0.250. The fourth-order valence-corrected chi connectivity index (χ4v) is 1.89. The summed E-state index contributed by atoms with van der Waals surface area (Å²) in [6.45, 7) is 2.71. The number of para-hydroxylation sites is 1. The minimum absolute atomic E-state index is 0.107. The number of ether oxygens (including phenoxy) is 1. The molecule has 0 unspecified atom stereocenters. The number of aromatic nitrogens is 1. The molecule has 0 fully saturated rings. The van der Waals surface area contributed by atoms with Crippen molar-refractivity contribution >= 4 is 11.6 Å². The first-order chi connectivity index (χ1) is 10.1. The number of benzene rings is 1. The molecule has 0 radical (unpaired) electrons. The SMILES string of the molecule is Cc1ncc(N)cc1C(=O)N(C)CCOc1ccccc1. The van der Waals surface area contributed by atoms with Gasteiger partial charge in [-0.15, -0.1) is 0 Å². The van der Waals surface area contributed by atoms with Gasteiger partial charge in [0.05, 0.1) is 29.7 Å². The van der Waals surface area contributed by atoms with Crippen LogP contribution in [0.1, 0.15) is 16.1 Å². The Kier molecular flexibility index (Phi) is 4.77. The van der Waals surface area contributed by atoms with Gasteiger partial charge in [0.15, 0.2) is 0 Å². The molecule has 2 N–H and O–H groups in total. The molecule has 0 saturated heterocycles. The molecule has 1 aromatic carbocycles. The molecule has 2 rings (SSSR count). The highest BCUT2D eigenvalue weighted by Gasteiger charge is 2.15. The second kappa shape index (κ2) is 6.74. The number of hydrogen-bond donors (Lipinski definition) is 1. The summed E-state index contributed by atoms with van der Waals surface area (Å²) in [6, 6.07) is 11.2. The molecule has 110 valence electrons. The maximum atomic E-state index is 12.3. The summed E-state index contributed by atoms with van der Waals surface area (Å²) < 4.78 is 5.58. The Morgan fingerprint density at radius 2 is 2.05 bits per heavy atom. The number of anilines is 1. The average molecular weight is 285 g/mol. The summed E-state index contributed by atoms with van der Waals surface area (Å²) >= 11 is 0. The summed E-state index contributed by atoms with van der Waals surface area (Å²) in [5, 5.41) is 0. The van der Waals surface area contributed by atoms with E-state index < -0.39 is 0 Å². The van der Waals surface area contributed by atoms with E-state index in [1.807, 2.05) is 30.3 Å². The van der Waals surface area contributed by atoms with E-state index in [1.54, 1.807) is 31.1 Å². The van der Waals surface area contributed by atoms with Crippen molar-refractivity contribution in [2.24, 2.45) is 0 Å². The maximum absolute atomic E-state index is 12.3. The van der Waals surface area contributed by atoms with Crippen molar-refractivity contribution in [2.75, 3.05) is 25.9 Å². The van der Waals surface area contributed by atoms with Gasteiger partial charge in [0.25, 0.3) is 5.91 Å². The molecular weight excluding hydrogens is 266 g/mol. The van der Waals surface area contributed by atoms with Crippen LogP contribution in [0.5, 0.6) is 5.75 Å². The third kappa shape index (κ3) is 3.95. The van der Waals surface area contributed by atoms with Crippen molar-refractivity contribution in [3.8, 4) is 5.75 Å². The lowest BCUT2D eigenvalue weighted by molar-refractivity contribution is 0.0772. The quantitative estimate of drug-likeness (QED) is 0.913. The third-order valence-electron chi connectivity index (χ3n) is 3.12. The van der Waals surface area contributed by atoms with Crippen LogP contribution < -0.4 is 10.5 Å². The zero-order valence-corrected chi connectivity index (χ0v) is 12.2. The molecule has 0 aliphatic heterocycles. The second-order valence-corrected chi connectivity index (χ2v) is 4.79. The normalized spacial score (nSPS) is 10.2. The molecule has 21 heavy (non-hydrogen) atoms. The van der Waals surface area contributed by atoms with Gasteiger partial charge in [-0.3, -0.25) is 9.78 Å². The number of nitrogens with two attached hydrogens (primary N) is 1. The number of carbonyl (C=O) groups excluding carboxylic acids is 1. The number of amides is 1. The van der Waals surface area contributed by atoms with Gasteiger partial charge in [0.1, 0.15) is 12.4 Å². The maximum Gasteiger partial charge on any atom is 0.255 e.